The van der Waals surface area contributed by atoms with E-state index in [-0.39, 0.29) is 30.3 Å². The summed E-state index contributed by atoms with van der Waals surface area (Å²) >= 11 is 1.57. The Labute approximate surface area is 162 Å². The maximum Gasteiger partial charge on any atom is 0.293 e. The molecule has 140 valence electrons. The number of carbonyl (C=O) groups excluding carboxylic acids is 1. The van der Waals surface area contributed by atoms with E-state index in [1.165, 1.54) is 0 Å². The Morgan fingerprint density at radius 3 is 2.74 bits per heavy atom. The number of rotatable bonds is 4. The second-order valence-corrected chi connectivity index (χ2v) is 7.86. The van der Waals surface area contributed by atoms with Gasteiger partial charge in [0.05, 0.1) is 10.6 Å². The molecule has 1 N–H and O–H groups in total. The summed E-state index contributed by atoms with van der Waals surface area (Å²) in [6.45, 7) is 2.69. The molecule has 0 spiro atoms. The van der Waals surface area contributed by atoms with Crippen LogP contribution in [0.15, 0.2) is 47.8 Å². The van der Waals surface area contributed by atoms with Crippen LogP contribution in [0.2, 0.25) is 0 Å². The third-order valence-corrected chi connectivity index (χ3v) is 5.91. The smallest absolute Gasteiger partial charge is 0.293 e. The average Bonchev–Trinajstić information content (AvgIpc) is 3.38. The van der Waals surface area contributed by atoms with Crippen LogP contribution < -0.4 is 0 Å². The molecular formula is C20H22N4O2S. The minimum Gasteiger partial charge on any atom is -0.396 e. The van der Waals surface area contributed by atoms with E-state index in [0.29, 0.717) is 12.4 Å². The van der Waals surface area contributed by atoms with Gasteiger partial charge in [-0.1, -0.05) is 24.3 Å². The second kappa shape index (κ2) is 7.62. The van der Waals surface area contributed by atoms with Gasteiger partial charge in [0.2, 0.25) is 5.82 Å². The zero-order valence-corrected chi connectivity index (χ0v) is 16.0. The van der Waals surface area contributed by atoms with Crippen molar-refractivity contribution in [3.63, 3.8) is 0 Å². The number of aromatic nitrogens is 3. The summed E-state index contributed by atoms with van der Waals surface area (Å²) in [7, 11) is 0. The number of amides is 1. The molecule has 0 aliphatic carbocycles. The molecule has 4 rings (SSSR count). The van der Waals surface area contributed by atoms with Gasteiger partial charge in [-0.25, -0.2) is 9.67 Å². The molecule has 1 aliphatic heterocycles. The first kappa shape index (κ1) is 17.9. The lowest BCUT2D eigenvalue weighted by molar-refractivity contribution is 0.0477. The lowest BCUT2D eigenvalue weighted by Crippen LogP contribution is -2.46. The summed E-state index contributed by atoms with van der Waals surface area (Å²) in [5, 5.41) is 16.0. The average molecular weight is 382 g/mol. The Morgan fingerprint density at radius 1 is 1.22 bits per heavy atom. The summed E-state index contributed by atoms with van der Waals surface area (Å²) in [6, 6.07) is 13.8. The van der Waals surface area contributed by atoms with Crippen molar-refractivity contribution in [2.24, 2.45) is 5.92 Å². The number of benzene rings is 1. The quantitative estimate of drug-likeness (QED) is 0.752. The van der Waals surface area contributed by atoms with E-state index in [0.717, 1.165) is 23.4 Å². The van der Waals surface area contributed by atoms with Crippen molar-refractivity contribution >= 4 is 17.2 Å². The highest BCUT2D eigenvalue weighted by Gasteiger charge is 2.32. The highest BCUT2D eigenvalue weighted by Crippen LogP contribution is 2.27. The molecule has 0 bridgehead atoms. The molecule has 27 heavy (non-hydrogen) atoms. The molecule has 1 aromatic carbocycles. The van der Waals surface area contributed by atoms with Crippen LogP contribution in [0.4, 0.5) is 0 Å². The Hall–Kier alpha value is -2.51. The van der Waals surface area contributed by atoms with Gasteiger partial charge in [-0.2, -0.15) is 0 Å². The highest BCUT2D eigenvalue weighted by molar-refractivity contribution is 7.13. The molecule has 1 saturated heterocycles. The predicted molar refractivity (Wildman–Crippen MR) is 105 cm³/mol. The molecule has 1 aliphatic rings. The van der Waals surface area contributed by atoms with Crippen molar-refractivity contribution in [3.8, 4) is 16.4 Å². The number of carbonyl (C=O) groups is 1. The number of aliphatic hydroxyl groups is 1. The molecule has 7 heteroatoms. The fourth-order valence-corrected chi connectivity index (χ4v) is 4.16. The lowest BCUT2D eigenvalue weighted by Gasteiger charge is -2.36. The minimum atomic E-state index is -0.173. The van der Waals surface area contributed by atoms with Crippen molar-refractivity contribution in [1.29, 1.82) is 0 Å². The SMILES string of the molecule is CC1CCC(CO)CN1C(=O)c1nc(-c2cccs2)n(-c2ccccc2)n1. The van der Waals surface area contributed by atoms with Gasteiger partial charge in [-0.05, 0) is 49.3 Å². The van der Waals surface area contributed by atoms with E-state index in [2.05, 4.69) is 10.1 Å². The molecule has 1 fully saturated rings. The molecule has 2 atom stereocenters. The molecule has 0 saturated carbocycles. The number of aliphatic hydroxyl groups excluding tert-OH is 1. The second-order valence-electron chi connectivity index (χ2n) is 6.92. The zero-order valence-electron chi connectivity index (χ0n) is 15.2. The van der Waals surface area contributed by atoms with E-state index in [1.807, 2.05) is 54.8 Å². The number of thiophene rings is 1. The Morgan fingerprint density at radius 2 is 2.04 bits per heavy atom. The molecule has 3 heterocycles. The fraction of sp³-hybridized carbons (Fsp3) is 0.350. The summed E-state index contributed by atoms with van der Waals surface area (Å²) in [6.07, 6.45) is 1.82. The summed E-state index contributed by atoms with van der Waals surface area (Å²) in [5.41, 5.74) is 0.868. The van der Waals surface area contributed by atoms with Crippen molar-refractivity contribution in [1.82, 2.24) is 19.7 Å². The van der Waals surface area contributed by atoms with Crippen LogP contribution in [0.25, 0.3) is 16.4 Å². The summed E-state index contributed by atoms with van der Waals surface area (Å²) in [4.78, 5) is 20.5. The van der Waals surface area contributed by atoms with Crippen molar-refractivity contribution in [3.05, 3.63) is 53.7 Å². The van der Waals surface area contributed by atoms with Gasteiger partial charge in [-0.3, -0.25) is 4.79 Å². The minimum absolute atomic E-state index is 0.100. The van der Waals surface area contributed by atoms with Crippen molar-refractivity contribution < 1.29 is 9.90 Å². The van der Waals surface area contributed by atoms with E-state index in [4.69, 9.17) is 0 Å². The number of piperidine rings is 1. The highest BCUT2D eigenvalue weighted by atomic mass is 32.1. The van der Waals surface area contributed by atoms with E-state index < -0.39 is 0 Å². The van der Waals surface area contributed by atoms with E-state index in [1.54, 1.807) is 20.9 Å². The van der Waals surface area contributed by atoms with Gasteiger partial charge in [0.15, 0.2) is 5.82 Å². The Kier molecular flexibility index (Phi) is 5.05. The molecule has 2 aromatic heterocycles. The maximum absolute atomic E-state index is 13.1. The molecular weight excluding hydrogens is 360 g/mol. The van der Waals surface area contributed by atoms with Crippen LogP contribution in [0.1, 0.15) is 30.4 Å². The topological polar surface area (TPSA) is 71.2 Å². The summed E-state index contributed by atoms with van der Waals surface area (Å²) < 4.78 is 1.73. The Bertz CT molecular complexity index is 907. The maximum atomic E-state index is 13.1. The fourth-order valence-electron chi connectivity index (χ4n) is 3.46. The van der Waals surface area contributed by atoms with Gasteiger partial charge >= 0.3 is 0 Å². The number of likely N-dealkylation sites (tertiary alicyclic amines) is 1. The van der Waals surface area contributed by atoms with Gasteiger partial charge in [-0.15, -0.1) is 16.4 Å². The van der Waals surface area contributed by atoms with Crippen LogP contribution in [0.3, 0.4) is 0 Å². The van der Waals surface area contributed by atoms with Crippen LogP contribution in [-0.2, 0) is 0 Å². The van der Waals surface area contributed by atoms with E-state index >= 15 is 0 Å². The van der Waals surface area contributed by atoms with Crippen molar-refractivity contribution in [2.45, 2.75) is 25.8 Å². The largest absolute Gasteiger partial charge is 0.396 e. The monoisotopic (exact) mass is 382 g/mol. The third-order valence-electron chi connectivity index (χ3n) is 5.04. The lowest BCUT2D eigenvalue weighted by atomic mass is 9.94. The molecule has 6 nitrogen and oxygen atoms in total. The number of hydrogen-bond acceptors (Lipinski definition) is 5. The van der Waals surface area contributed by atoms with Crippen LogP contribution in [0, 0.1) is 5.92 Å². The molecule has 1 amide bonds. The third kappa shape index (κ3) is 3.52. The zero-order chi connectivity index (χ0) is 18.8. The number of nitrogens with zero attached hydrogens (tertiary/aromatic N) is 4. The molecule has 3 aromatic rings. The van der Waals surface area contributed by atoms with Gasteiger partial charge in [0, 0.05) is 19.2 Å². The van der Waals surface area contributed by atoms with Crippen LogP contribution in [-0.4, -0.2) is 49.9 Å². The number of para-hydroxylation sites is 1. The van der Waals surface area contributed by atoms with Gasteiger partial charge in [0.25, 0.3) is 5.91 Å². The normalized spacial score (nSPS) is 20.0. The first-order chi connectivity index (χ1) is 13.2. The molecule has 0 radical (unpaired) electrons. The van der Waals surface area contributed by atoms with Crippen molar-refractivity contribution in [2.75, 3.05) is 13.2 Å². The number of hydrogen-bond donors (Lipinski definition) is 1. The van der Waals surface area contributed by atoms with E-state index in [9.17, 15) is 9.90 Å². The first-order valence-corrected chi connectivity index (χ1v) is 10.0. The van der Waals surface area contributed by atoms with Crippen LogP contribution in [0.5, 0.6) is 0 Å². The standard InChI is InChI=1S/C20H22N4O2S/c1-14-9-10-15(13-25)12-23(14)20(26)18-21-19(17-8-5-11-27-17)24(22-18)16-6-3-2-4-7-16/h2-8,11,14-15,25H,9-10,12-13H2,1H3. The first-order valence-electron chi connectivity index (χ1n) is 9.15. The summed E-state index contributed by atoms with van der Waals surface area (Å²) in [5.74, 6) is 0.821. The Balaban J connectivity index is 1.72. The van der Waals surface area contributed by atoms with Crippen LogP contribution >= 0.6 is 11.3 Å². The predicted octanol–water partition coefficient (Wildman–Crippen LogP) is 3.23. The van der Waals surface area contributed by atoms with Gasteiger partial charge < -0.3 is 10.0 Å². The molecule has 2 unspecified atom stereocenters. The van der Waals surface area contributed by atoms with Gasteiger partial charge in [0.1, 0.15) is 0 Å².